The van der Waals surface area contributed by atoms with Crippen LogP contribution in [0.1, 0.15) is 42.8 Å². The van der Waals surface area contributed by atoms with Crippen molar-refractivity contribution in [3.63, 3.8) is 0 Å². The van der Waals surface area contributed by atoms with Crippen LogP contribution in [0, 0.1) is 0 Å². The first-order valence-electron chi connectivity index (χ1n) is 9.67. The number of esters is 1. The van der Waals surface area contributed by atoms with Gasteiger partial charge in [0.2, 0.25) is 0 Å². The molecule has 1 atom stereocenters. The second-order valence-electron chi connectivity index (χ2n) is 6.75. The molecule has 0 aliphatic heterocycles. The van der Waals surface area contributed by atoms with Crippen molar-refractivity contribution in [2.24, 2.45) is 0 Å². The monoisotopic (exact) mass is 382 g/mol. The van der Waals surface area contributed by atoms with E-state index in [-0.39, 0.29) is 18.7 Å². The van der Waals surface area contributed by atoms with Crippen molar-refractivity contribution in [2.45, 2.75) is 45.0 Å². The molecular formula is C23H30O3Si. The minimum absolute atomic E-state index is 0.148. The minimum atomic E-state index is -1.85. The van der Waals surface area contributed by atoms with Crippen molar-refractivity contribution in [3.8, 4) is 0 Å². The lowest BCUT2D eigenvalue weighted by Crippen LogP contribution is -2.38. The third-order valence-corrected chi connectivity index (χ3v) is 9.77. The summed E-state index contributed by atoms with van der Waals surface area (Å²) in [5.74, 6) is -0.339. The predicted octanol–water partition coefficient (Wildman–Crippen LogP) is 6.16. The van der Waals surface area contributed by atoms with Crippen LogP contribution >= 0.6 is 0 Å². The van der Waals surface area contributed by atoms with Crippen LogP contribution in [0.4, 0.5) is 0 Å². The number of ether oxygens (including phenoxy) is 1. The lowest BCUT2D eigenvalue weighted by molar-refractivity contribution is 0.0519. The molecule has 0 aliphatic rings. The van der Waals surface area contributed by atoms with Gasteiger partial charge in [0.25, 0.3) is 0 Å². The fraction of sp³-hybridized carbons (Fsp3) is 0.348. The van der Waals surface area contributed by atoms with Gasteiger partial charge in [0.1, 0.15) is 6.61 Å². The third-order valence-electron chi connectivity index (χ3n) is 5.17. The first-order valence-corrected chi connectivity index (χ1v) is 12.2. The summed E-state index contributed by atoms with van der Waals surface area (Å²) in [7, 11) is -1.85. The topological polar surface area (TPSA) is 35.5 Å². The molecule has 144 valence electrons. The molecule has 0 spiro atoms. The summed E-state index contributed by atoms with van der Waals surface area (Å²) >= 11 is 0. The van der Waals surface area contributed by atoms with Crippen LogP contribution in [0.15, 0.2) is 72.8 Å². The SMILES string of the molecule is C=C(COC(=O)c1ccccc1)C(O[Si](CC)(CC)CC)c1ccccc1. The van der Waals surface area contributed by atoms with Gasteiger partial charge in [-0.2, -0.15) is 0 Å². The molecule has 3 nitrogen and oxygen atoms in total. The highest BCUT2D eigenvalue weighted by Crippen LogP contribution is 2.33. The summed E-state index contributed by atoms with van der Waals surface area (Å²) in [6.45, 7) is 11.0. The van der Waals surface area contributed by atoms with Crippen LogP contribution < -0.4 is 0 Å². The van der Waals surface area contributed by atoms with Gasteiger partial charge in [-0.3, -0.25) is 0 Å². The van der Waals surface area contributed by atoms with Crippen molar-refractivity contribution in [2.75, 3.05) is 6.61 Å². The van der Waals surface area contributed by atoms with E-state index in [1.807, 2.05) is 36.4 Å². The van der Waals surface area contributed by atoms with Crippen molar-refractivity contribution in [1.82, 2.24) is 0 Å². The quantitative estimate of drug-likeness (QED) is 0.280. The smallest absolute Gasteiger partial charge is 0.338 e. The highest BCUT2D eigenvalue weighted by atomic mass is 28.4. The Morgan fingerprint density at radius 3 is 1.96 bits per heavy atom. The van der Waals surface area contributed by atoms with Gasteiger partial charge >= 0.3 is 5.97 Å². The van der Waals surface area contributed by atoms with E-state index in [1.165, 1.54) is 0 Å². The van der Waals surface area contributed by atoms with Crippen LogP contribution in [0.2, 0.25) is 18.1 Å². The number of rotatable bonds is 10. The first-order chi connectivity index (χ1) is 13.0. The molecule has 0 aliphatic carbocycles. The molecule has 0 N–H and O–H groups in total. The lowest BCUT2D eigenvalue weighted by Gasteiger charge is -2.34. The van der Waals surface area contributed by atoms with E-state index in [0.29, 0.717) is 5.56 Å². The largest absolute Gasteiger partial charge is 0.457 e. The van der Waals surface area contributed by atoms with Crippen molar-refractivity contribution >= 4 is 14.3 Å². The van der Waals surface area contributed by atoms with E-state index >= 15 is 0 Å². The molecule has 2 aromatic carbocycles. The number of carbonyl (C=O) groups is 1. The predicted molar refractivity (Wildman–Crippen MR) is 113 cm³/mol. The lowest BCUT2D eigenvalue weighted by atomic mass is 10.0. The minimum Gasteiger partial charge on any atom is -0.457 e. The van der Waals surface area contributed by atoms with E-state index in [2.05, 4.69) is 39.5 Å². The summed E-state index contributed by atoms with van der Waals surface area (Å²) in [6, 6.07) is 22.3. The van der Waals surface area contributed by atoms with Crippen molar-refractivity contribution in [3.05, 3.63) is 83.9 Å². The number of hydrogen-bond acceptors (Lipinski definition) is 3. The Balaban J connectivity index is 2.15. The molecule has 0 aromatic heterocycles. The van der Waals surface area contributed by atoms with Crippen molar-refractivity contribution < 1.29 is 14.0 Å². The van der Waals surface area contributed by atoms with Gasteiger partial charge in [0.05, 0.1) is 11.7 Å². The zero-order valence-corrected chi connectivity index (χ0v) is 17.6. The van der Waals surface area contributed by atoms with Gasteiger partial charge < -0.3 is 9.16 Å². The Kier molecular flexibility index (Phi) is 8.01. The molecular weight excluding hydrogens is 352 g/mol. The molecule has 0 heterocycles. The number of hydrogen-bond donors (Lipinski definition) is 0. The Labute approximate surface area is 164 Å². The molecule has 0 amide bonds. The van der Waals surface area contributed by atoms with E-state index < -0.39 is 8.32 Å². The van der Waals surface area contributed by atoms with E-state index in [9.17, 15) is 4.79 Å². The first kappa shape index (κ1) is 21.1. The number of carbonyl (C=O) groups excluding carboxylic acids is 1. The molecule has 1 unspecified atom stereocenters. The second kappa shape index (κ2) is 10.2. The zero-order valence-electron chi connectivity index (χ0n) is 16.6. The molecule has 0 fully saturated rings. The molecule has 0 radical (unpaired) electrons. The fourth-order valence-electron chi connectivity index (χ4n) is 3.16. The van der Waals surface area contributed by atoms with Crippen LogP contribution in [0.5, 0.6) is 0 Å². The summed E-state index contributed by atoms with van der Waals surface area (Å²) in [6.07, 6.45) is -0.249. The van der Waals surface area contributed by atoms with Gasteiger partial charge in [-0.25, -0.2) is 4.79 Å². The standard InChI is InChI=1S/C23H30O3Si/c1-5-27(6-2,7-3)26-22(20-14-10-8-11-15-20)19(4)18-25-23(24)21-16-12-9-13-17-21/h8-17,22H,4-7,18H2,1-3H3. The van der Waals surface area contributed by atoms with Gasteiger partial charge in [-0.15, -0.1) is 0 Å². The highest BCUT2D eigenvalue weighted by molar-refractivity contribution is 6.73. The number of benzene rings is 2. The Morgan fingerprint density at radius 2 is 1.44 bits per heavy atom. The Morgan fingerprint density at radius 1 is 0.926 bits per heavy atom. The summed E-state index contributed by atoms with van der Waals surface area (Å²) in [5, 5.41) is 0. The third kappa shape index (κ3) is 5.65. The molecule has 27 heavy (non-hydrogen) atoms. The van der Waals surface area contributed by atoms with Crippen LogP contribution in [-0.4, -0.2) is 20.9 Å². The zero-order chi connectivity index (χ0) is 19.7. The van der Waals surface area contributed by atoms with Crippen LogP contribution in [0.3, 0.4) is 0 Å². The van der Waals surface area contributed by atoms with E-state index in [1.54, 1.807) is 12.1 Å². The summed E-state index contributed by atoms with van der Waals surface area (Å²) in [4.78, 5) is 12.3. The maximum atomic E-state index is 12.3. The molecule has 2 aromatic rings. The average molecular weight is 383 g/mol. The summed E-state index contributed by atoms with van der Waals surface area (Å²) < 4.78 is 12.2. The normalized spacial score (nSPS) is 12.4. The molecule has 0 bridgehead atoms. The van der Waals surface area contributed by atoms with Gasteiger partial charge in [-0.05, 0) is 41.4 Å². The van der Waals surface area contributed by atoms with Crippen LogP contribution in [0.25, 0.3) is 0 Å². The van der Waals surface area contributed by atoms with E-state index in [4.69, 9.17) is 9.16 Å². The highest BCUT2D eigenvalue weighted by Gasteiger charge is 2.33. The average Bonchev–Trinajstić information content (AvgIpc) is 2.74. The Bertz CT molecular complexity index is 716. The van der Waals surface area contributed by atoms with Gasteiger partial charge in [0, 0.05) is 0 Å². The maximum Gasteiger partial charge on any atom is 0.338 e. The van der Waals surface area contributed by atoms with Gasteiger partial charge in [-0.1, -0.05) is 75.9 Å². The maximum absolute atomic E-state index is 12.3. The van der Waals surface area contributed by atoms with Crippen molar-refractivity contribution in [1.29, 1.82) is 0 Å². The second-order valence-corrected chi connectivity index (χ2v) is 11.5. The molecule has 0 saturated heterocycles. The van der Waals surface area contributed by atoms with Crippen LogP contribution in [-0.2, 0) is 9.16 Å². The molecule has 4 heteroatoms. The molecule has 2 rings (SSSR count). The fourth-order valence-corrected chi connectivity index (χ4v) is 5.96. The van der Waals surface area contributed by atoms with Gasteiger partial charge in [0.15, 0.2) is 8.32 Å². The Hall–Kier alpha value is -2.17. The summed E-state index contributed by atoms with van der Waals surface area (Å²) in [5.41, 5.74) is 2.38. The molecule has 0 saturated carbocycles. The van der Waals surface area contributed by atoms with E-state index in [0.717, 1.165) is 29.3 Å².